The number of nitro groups is 1. The van der Waals surface area contributed by atoms with E-state index in [2.05, 4.69) is 5.32 Å². The number of ether oxygens (including phenoxy) is 1. The molecule has 1 saturated heterocycles. The fourth-order valence-electron chi connectivity index (χ4n) is 3.35. The number of nitrogens with one attached hydrogen (secondary N) is 1. The highest BCUT2D eigenvalue weighted by Gasteiger charge is 2.30. The van der Waals surface area contributed by atoms with Gasteiger partial charge in [-0.25, -0.2) is 8.42 Å². The summed E-state index contributed by atoms with van der Waals surface area (Å²) in [6.07, 6.45) is 2.53. The summed E-state index contributed by atoms with van der Waals surface area (Å²) in [6, 6.07) is 7.96. The van der Waals surface area contributed by atoms with Gasteiger partial charge in [0.25, 0.3) is 11.6 Å². The quantitative estimate of drug-likeness (QED) is 0.484. The Morgan fingerprint density at radius 3 is 2.55 bits per heavy atom. The summed E-state index contributed by atoms with van der Waals surface area (Å²) < 4.78 is 33.3. The predicted octanol–water partition coefficient (Wildman–Crippen LogP) is 4.07. The molecule has 2 aromatic carbocycles. The fraction of sp³-hybridized carbons (Fsp3) is 0.350. The van der Waals surface area contributed by atoms with Crippen molar-refractivity contribution in [1.29, 1.82) is 0 Å². The number of carbonyl (C=O) groups is 1. The second-order valence-electron chi connectivity index (χ2n) is 6.93. The number of piperidine rings is 1. The number of nitrogens with zero attached hydrogens (tertiary/aromatic N) is 2. The molecule has 0 aliphatic carbocycles. The van der Waals surface area contributed by atoms with Crippen LogP contribution in [-0.2, 0) is 10.0 Å². The lowest BCUT2D eigenvalue weighted by molar-refractivity contribution is -0.385. The molecule has 1 fully saturated rings. The maximum absolute atomic E-state index is 13.2. The molecule has 11 heteroatoms. The number of hydrogen-bond donors (Lipinski definition) is 1. The highest BCUT2D eigenvalue weighted by molar-refractivity contribution is 7.89. The van der Waals surface area contributed by atoms with Crippen LogP contribution >= 0.6 is 11.6 Å². The van der Waals surface area contributed by atoms with E-state index in [0.717, 1.165) is 25.3 Å². The molecule has 0 bridgehead atoms. The molecule has 1 amide bonds. The van der Waals surface area contributed by atoms with E-state index in [1.807, 2.05) is 0 Å². The summed E-state index contributed by atoms with van der Waals surface area (Å²) in [5, 5.41) is 13.9. The Balaban J connectivity index is 1.95. The molecule has 3 rings (SSSR count). The molecule has 166 valence electrons. The third-order valence-electron chi connectivity index (χ3n) is 4.84. The minimum atomic E-state index is -3.83. The van der Waals surface area contributed by atoms with Crippen LogP contribution < -0.4 is 10.1 Å². The van der Waals surface area contributed by atoms with Gasteiger partial charge in [0.1, 0.15) is 16.2 Å². The summed E-state index contributed by atoms with van der Waals surface area (Å²) in [5.74, 6) is -0.572. The molecular weight excluding hydrogens is 446 g/mol. The molecule has 1 aliphatic rings. The van der Waals surface area contributed by atoms with Crippen LogP contribution in [0.2, 0.25) is 5.02 Å². The van der Waals surface area contributed by atoms with Gasteiger partial charge in [-0.2, -0.15) is 4.31 Å². The Morgan fingerprint density at radius 2 is 1.90 bits per heavy atom. The van der Waals surface area contributed by atoms with Gasteiger partial charge in [-0.05, 0) is 50.1 Å². The standard InChI is InChI=1S/C20H22ClN3O6S/c1-2-30-18-9-7-15(13-19(18)31(28,29)23-10-4-3-5-11-23)22-20(25)16-8-6-14(21)12-17(16)24(26)27/h6-9,12-13H,2-5,10-11H2,1H3,(H,22,25). The van der Waals surface area contributed by atoms with E-state index >= 15 is 0 Å². The van der Waals surface area contributed by atoms with Crippen LogP contribution in [0.3, 0.4) is 0 Å². The molecule has 1 N–H and O–H groups in total. The average molecular weight is 468 g/mol. The van der Waals surface area contributed by atoms with E-state index < -0.39 is 26.5 Å². The first-order valence-electron chi connectivity index (χ1n) is 9.76. The van der Waals surface area contributed by atoms with E-state index in [9.17, 15) is 23.3 Å². The molecule has 1 heterocycles. The summed E-state index contributed by atoms with van der Waals surface area (Å²) in [4.78, 5) is 23.2. The van der Waals surface area contributed by atoms with Gasteiger partial charge in [0.15, 0.2) is 0 Å². The van der Waals surface area contributed by atoms with Crippen LogP contribution in [0.1, 0.15) is 36.5 Å². The second kappa shape index (κ2) is 9.63. The maximum atomic E-state index is 13.2. The predicted molar refractivity (Wildman–Crippen MR) is 116 cm³/mol. The number of nitro benzene ring substituents is 1. The zero-order valence-corrected chi connectivity index (χ0v) is 18.4. The third kappa shape index (κ3) is 5.15. The Morgan fingerprint density at radius 1 is 1.19 bits per heavy atom. The molecule has 0 unspecified atom stereocenters. The lowest BCUT2D eigenvalue weighted by Crippen LogP contribution is -2.35. The molecule has 0 spiro atoms. The zero-order chi connectivity index (χ0) is 22.6. The van der Waals surface area contributed by atoms with E-state index in [-0.39, 0.29) is 33.5 Å². The van der Waals surface area contributed by atoms with Crippen LogP contribution in [-0.4, -0.2) is 43.2 Å². The van der Waals surface area contributed by atoms with E-state index in [4.69, 9.17) is 16.3 Å². The highest BCUT2D eigenvalue weighted by Crippen LogP contribution is 2.32. The number of sulfonamides is 1. The van der Waals surface area contributed by atoms with Gasteiger partial charge < -0.3 is 10.1 Å². The van der Waals surface area contributed by atoms with Crippen molar-refractivity contribution < 1.29 is 22.9 Å². The van der Waals surface area contributed by atoms with E-state index in [1.165, 1.54) is 34.6 Å². The fourth-order valence-corrected chi connectivity index (χ4v) is 5.19. The van der Waals surface area contributed by atoms with Crippen LogP contribution in [0.4, 0.5) is 11.4 Å². The first-order chi connectivity index (χ1) is 14.7. The number of hydrogen-bond acceptors (Lipinski definition) is 6. The molecule has 2 aromatic rings. The van der Waals surface area contributed by atoms with Gasteiger partial charge in [-0.15, -0.1) is 0 Å². The van der Waals surface area contributed by atoms with E-state index in [0.29, 0.717) is 13.1 Å². The van der Waals surface area contributed by atoms with Crippen molar-refractivity contribution in [3.63, 3.8) is 0 Å². The van der Waals surface area contributed by atoms with E-state index in [1.54, 1.807) is 6.92 Å². The number of benzene rings is 2. The Labute approximate surface area is 185 Å². The number of anilines is 1. The molecular formula is C20H22ClN3O6S. The minimum absolute atomic E-state index is 0.0559. The highest BCUT2D eigenvalue weighted by atomic mass is 35.5. The second-order valence-corrected chi connectivity index (χ2v) is 9.27. The first-order valence-corrected chi connectivity index (χ1v) is 11.6. The van der Waals surface area contributed by atoms with Crippen LogP contribution in [0.25, 0.3) is 0 Å². The number of amides is 1. The summed E-state index contributed by atoms with van der Waals surface area (Å²) in [7, 11) is -3.83. The van der Waals surface area contributed by atoms with Crippen LogP contribution in [0.15, 0.2) is 41.3 Å². The van der Waals surface area contributed by atoms with Crippen LogP contribution in [0.5, 0.6) is 5.75 Å². The number of carbonyl (C=O) groups excluding carboxylic acids is 1. The monoisotopic (exact) mass is 467 g/mol. The van der Waals surface area contributed by atoms with Gasteiger partial charge >= 0.3 is 0 Å². The molecule has 0 aromatic heterocycles. The van der Waals surface area contributed by atoms with Crippen LogP contribution in [0, 0.1) is 10.1 Å². The van der Waals surface area contributed by atoms with Gasteiger partial charge in [0.05, 0.1) is 11.5 Å². The summed E-state index contributed by atoms with van der Waals surface area (Å²) in [6.45, 7) is 2.85. The number of rotatable bonds is 7. The molecule has 0 radical (unpaired) electrons. The van der Waals surface area contributed by atoms with Gasteiger partial charge in [-0.1, -0.05) is 18.0 Å². The Bertz CT molecular complexity index is 1100. The SMILES string of the molecule is CCOc1ccc(NC(=O)c2ccc(Cl)cc2[N+](=O)[O-])cc1S(=O)(=O)N1CCCCC1. The van der Waals surface area contributed by atoms with Crippen molar-refractivity contribution in [1.82, 2.24) is 4.31 Å². The molecule has 0 saturated carbocycles. The Hall–Kier alpha value is -2.69. The Kier molecular flexibility index (Phi) is 7.14. The van der Waals surface area contributed by atoms with Gasteiger partial charge in [-0.3, -0.25) is 14.9 Å². The largest absolute Gasteiger partial charge is 0.492 e. The molecule has 31 heavy (non-hydrogen) atoms. The maximum Gasteiger partial charge on any atom is 0.283 e. The molecule has 0 atom stereocenters. The third-order valence-corrected chi connectivity index (χ3v) is 6.99. The molecule has 9 nitrogen and oxygen atoms in total. The van der Waals surface area contributed by atoms with Crippen molar-refractivity contribution in [2.45, 2.75) is 31.1 Å². The lowest BCUT2D eigenvalue weighted by atomic mass is 10.1. The summed E-state index contributed by atoms with van der Waals surface area (Å²) in [5.41, 5.74) is -0.464. The minimum Gasteiger partial charge on any atom is -0.492 e. The van der Waals surface area contributed by atoms with Gasteiger partial charge in [0, 0.05) is 29.9 Å². The average Bonchev–Trinajstić information content (AvgIpc) is 2.75. The van der Waals surface area contributed by atoms with Crippen molar-refractivity contribution in [3.8, 4) is 5.75 Å². The summed E-state index contributed by atoms with van der Waals surface area (Å²) >= 11 is 5.80. The van der Waals surface area contributed by atoms with Crippen molar-refractivity contribution in [2.24, 2.45) is 0 Å². The number of halogens is 1. The zero-order valence-electron chi connectivity index (χ0n) is 16.8. The topological polar surface area (TPSA) is 119 Å². The van der Waals surface area contributed by atoms with Crippen molar-refractivity contribution >= 4 is 38.9 Å². The molecule has 1 aliphatic heterocycles. The normalized spacial score (nSPS) is 14.8. The van der Waals surface area contributed by atoms with Crippen molar-refractivity contribution in [2.75, 3.05) is 25.0 Å². The smallest absolute Gasteiger partial charge is 0.283 e. The van der Waals surface area contributed by atoms with Gasteiger partial charge in [0.2, 0.25) is 10.0 Å². The lowest BCUT2D eigenvalue weighted by Gasteiger charge is -2.27. The van der Waals surface area contributed by atoms with Crippen molar-refractivity contribution in [3.05, 3.63) is 57.1 Å². The first kappa shape index (κ1) is 23.0.